The minimum atomic E-state index is -1.65. The number of anilines is 1. The Bertz CT molecular complexity index is 1510. The van der Waals surface area contributed by atoms with Crippen molar-refractivity contribution in [2.24, 2.45) is 5.41 Å². The Labute approximate surface area is 265 Å². The summed E-state index contributed by atoms with van der Waals surface area (Å²) in [5, 5.41) is 33.0. The molecule has 45 heavy (non-hydrogen) atoms. The number of aliphatic hydroxyl groups excluding tert-OH is 2. The molecular formula is C36H46N3O6-. The van der Waals surface area contributed by atoms with Crippen LogP contribution in [0.2, 0.25) is 0 Å². The molecule has 0 saturated carbocycles. The highest BCUT2D eigenvalue weighted by molar-refractivity contribution is 6.05. The molecule has 5 N–H and O–H groups in total. The number of fused-ring (bicyclic) bond motifs is 1. The molecule has 0 radical (unpaired) electrons. The van der Waals surface area contributed by atoms with Crippen LogP contribution >= 0.6 is 0 Å². The van der Waals surface area contributed by atoms with Gasteiger partial charge in [0.2, 0.25) is 0 Å². The molecule has 1 aliphatic carbocycles. The number of hydrogen-bond acceptors (Lipinski definition) is 8. The molecule has 2 aromatic heterocycles. The van der Waals surface area contributed by atoms with Crippen molar-refractivity contribution >= 4 is 23.5 Å². The van der Waals surface area contributed by atoms with Gasteiger partial charge in [0, 0.05) is 41.5 Å². The first kappa shape index (κ1) is 33.9. The van der Waals surface area contributed by atoms with E-state index in [4.69, 9.17) is 15.5 Å². The lowest BCUT2D eigenvalue weighted by atomic mass is 9.63. The Kier molecular flexibility index (Phi) is 11.6. The number of nitrogen functional groups attached to an aromatic ring is 1. The molecule has 1 aliphatic rings. The quantitative estimate of drug-likeness (QED) is 0.120. The molecule has 1 aromatic carbocycles. The van der Waals surface area contributed by atoms with E-state index in [1.54, 1.807) is 18.3 Å². The number of rotatable bonds is 17. The summed E-state index contributed by atoms with van der Waals surface area (Å²) in [5.74, 6) is -1.10. The molecule has 3 aromatic rings. The lowest BCUT2D eigenvalue weighted by Crippen LogP contribution is -2.37. The molecule has 9 heteroatoms. The van der Waals surface area contributed by atoms with Crippen molar-refractivity contribution < 1.29 is 29.6 Å². The van der Waals surface area contributed by atoms with Gasteiger partial charge < -0.3 is 30.8 Å². The Balaban J connectivity index is 1.66. The highest BCUT2D eigenvalue weighted by Gasteiger charge is 2.43. The highest BCUT2D eigenvalue weighted by Crippen LogP contribution is 2.53. The normalized spacial score (nSPS) is 18.0. The summed E-state index contributed by atoms with van der Waals surface area (Å²) in [4.78, 5) is 34.3. The number of nitrogens with zero attached hydrogens (tertiary/aromatic N) is 2. The van der Waals surface area contributed by atoms with E-state index < -0.39 is 29.0 Å². The van der Waals surface area contributed by atoms with Crippen LogP contribution in [0, 0.1) is 5.41 Å². The van der Waals surface area contributed by atoms with Crippen LogP contribution in [-0.2, 0) is 28.9 Å². The average molecular weight is 617 g/mol. The Morgan fingerprint density at radius 1 is 1.04 bits per heavy atom. The van der Waals surface area contributed by atoms with Gasteiger partial charge in [0.05, 0.1) is 13.7 Å². The van der Waals surface area contributed by atoms with Crippen LogP contribution in [0.25, 0.3) is 6.08 Å². The summed E-state index contributed by atoms with van der Waals surface area (Å²) in [6.07, 6.45) is 10.1. The molecule has 0 spiro atoms. The van der Waals surface area contributed by atoms with Gasteiger partial charge in [-0.05, 0) is 42.5 Å². The third-order valence-electron chi connectivity index (χ3n) is 8.94. The number of benzene rings is 1. The lowest BCUT2D eigenvalue weighted by Gasteiger charge is -2.42. The third kappa shape index (κ3) is 7.65. The fourth-order valence-electron chi connectivity index (χ4n) is 6.35. The van der Waals surface area contributed by atoms with Crippen LogP contribution in [0.3, 0.4) is 0 Å². The number of carbonyl (C=O) groups is 2. The number of aryl methyl sites for hydroxylation is 2. The van der Waals surface area contributed by atoms with Crippen LogP contribution in [0.5, 0.6) is 11.5 Å². The van der Waals surface area contributed by atoms with Gasteiger partial charge >= 0.3 is 0 Å². The third-order valence-corrected chi connectivity index (χ3v) is 8.94. The number of ketones is 2. The van der Waals surface area contributed by atoms with Gasteiger partial charge in [0.15, 0.2) is 29.2 Å². The fraction of sp³-hybridized carbons (Fsp3) is 0.472. The van der Waals surface area contributed by atoms with Gasteiger partial charge in [0.25, 0.3) is 0 Å². The van der Waals surface area contributed by atoms with E-state index in [1.807, 2.05) is 37.3 Å². The van der Waals surface area contributed by atoms with Gasteiger partial charge in [0.1, 0.15) is 5.82 Å². The maximum absolute atomic E-state index is 12.9. The molecule has 0 amide bonds. The fourth-order valence-corrected chi connectivity index (χ4v) is 6.35. The average Bonchev–Trinajstić information content (AvgIpc) is 3.50. The molecule has 9 nitrogen and oxygen atoms in total. The van der Waals surface area contributed by atoms with E-state index >= 15 is 0 Å². The number of phenolic OH excluding ortho intramolecular Hbond substituents is 1. The van der Waals surface area contributed by atoms with E-state index in [0.717, 1.165) is 49.1 Å². The maximum Gasteiger partial charge on any atom is 0.170 e. The summed E-state index contributed by atoms with van der Waals surface area (Å²) in [5.41, 5.74) is 9.81. The number of ether oxygens (including phenoxy) is 1. The number of aromatic hydroxyl groups is 1. The summed E-state index contributed by atoms with van der Waals surface area (Å²) in [6.45, 7) is 3.90. The second-order valence-corrected chi connectivity index (χ2v) is 12.1. The number of methoxy groups -OCH3 is 1. The number of pyridine rings is 1. The molecule has 2 heterocycles. The van der Waals surface area contributed by atoms with Crippen molar-refractivity contribution in [2.45, 2.75) is 90.1 Å². The largest absolute Gasteiger partial charge is 0.665 e. The van der Waals surface area contributed by atoms with E-state index in [9.17, 15) is 24.9 Å². The highest BCUT2D eigenvalue weighted by atomic mass is 16.5. The molecule has 3 atom stereocenters. The number of carbonyl (C=O) groups excluding carboxylic acids is 2. The zero-order valence-electron chi connectivity index (χ0n) is 26.6. The number of Topliss-reactive ketones (excluding diaryl/α,β-unsaturated/α-hetero) is 2. The van der Waals surface area contributed by atoms with E-state index in [-0.39, 0.29) is 37.4 Å². The second kappa shape index (κ2) is 15.4. The predicted molar refractivity (Wildman–Crippen MR) is 174 cm³/mol. The summed E-state index contributed by atoms with van der Waals surface area (Å²) in [6, 6.07) is 9.23. The zero-order chi connectivity index (χ0) is 32.6. The molecular weight excluding hydrogens is 570 g/mol. The molecule has 0 unspecified atom stereocenters. The van der Waals surface area contributed by atoms with Crippen LogP contribution < -0.4 is 15.5 Å². The van der Waals surface area contributed by atoms with Crippen LogP contribution in [-0.4, -0.2) is 51.7 Å². The minimum absolute atomic E-state index is 0.0590. The van der Waals surface area contributed by atoms with Crippen LogP contribution in [0.1, 0.15) is 98.4 Å². The smallest absolute Gasteiger partial charge is 0.170 e. The number of phenols is 1. The van der Waals surface area contributed by atoms with Gasteiger partial charge in [-0.25, -0.2) is 4.98 Å². The van der Waals surface area contributed by atoms with Gasteiger partial charge in [-0.3, -0.25) is 9.59 Å². The molecule has 242 valence electrons. The van der Waals surface area contributed by atoms with E-state index in [1.165, 1.54) is 7.11 Å². The predicted octanol–water partition coefficient (Wildman–Crippen LogP) is 5.07. The summed E-state index contributed by atoms with van der Waals surface area (Å²) >= 11 is 0. The van der Waals surface area contributed by atoms with Crippen LogP contribution in [0.4, 0.5) is 5.82 Å². The van der Waals surface area contributed by atoms with Crippen molar-refractivity contribution in [3.63, 3.8) is 0 Å². The van der Waals surface area contributed by atoms with Gasteiger partial charge in [-0.15, -0.1) is 0 Å². The topological polar surface area (TPSA) is 157 Å². The lowest BCUT2D eigenvalue weighted by molar-refractivity contribution is -0.138. The number of unbranched alkanes of at least 4 members (excludes halogenated alkanes) is 4. The standard InChI is InChI=1S/C36H46N3O6/c1-4-6-7-8-9-10-29(41)34(44)30(42)14-11-23-19-28(33(43)31(20-23)45-3)32-26-16-18-38-35(37)27(26)15-17-36(32,22-40)21-25-13-12-24(5-2)39-25/h12-13,15-20,32,34,40,43-44H,4-11,14,21-22H2,1-3H3,(H2,37,38)/q-1/t32-,34-,36-/m0/s1. The molecule has 0 fully saturated rings. The summed E-state index contributed by atoms with van der Waals surface area (Å²) < 4.78 is 5.56. The number of nitrogens with two attached hydrogens (primary N) is 1. The Hall–Kier alpha value is -3.95. The molecule has 0 saturated heterocycles. The Morgan fingerprint density at radius 3 is 2.47 bits per heavy atom. The van der Waals surface area contributed by atoms with E-state index in [2.05, 4.69) is 11.9 Å². The van der Waals surface area contributed by atoms with Crippen molar-refractivity contribution in [3.05, 3.63) is 76.2 Å². The Morgan fingerprint density at radius 2 is 1.78 bits per heavy atom. The minimum Gasteiger partial charge on any atom is -0.665 e. The number of hydrogen-bond donors (Lipinski definition) is 4. The first-order valence-electron chi connectivity index (χ1n) is 16.0. The van der Waals surface area contributed by atoms with Crippen molar-refractivity contribution in [3.8, 4) is 11.5 Å². The van der Waals surface area contributed by atoms with Gasteiger partial charge in [-0.2, -0.15) is 11.4 Å². The van der Waals surface area contributed by atoms with Crippen molar-refractivity contribution in [1.29, 1.82) is 0 Å². The van der Waals surface area contributed by atoms with E-state index in [0.29, 0.717) is 35.3 Å². The number of aromatic nitrogens is 2. The first-order chi connectivity index (χ1) is 21.7. The van der Waals surface area contributed by atoms with Crippen LogP contribution in [0.15, 0.2) is 42.6 Å². The van der Waals surface area contributed by atoms with Crippen molar-refractivity contribution in [1.82, 2.24) is 9.97 Å². The second-order valence-electron chi connectivity index (χ2n) is 12.1. The molecule has 0 bridgehead atoms. The first-order valence-corrected chi connectivity index (χ1v) is 16.0. The SMILES string of the molecule is CCCCCCCC(=O)[C@H](O)C(=O)CCc1cc(OC)c(O)c([C@@H]2c3ccnc(N)c3C=C[C@@]2(CO)Cc2ccc(CC)[n-]2)c1. The number of aliphatic hydroxyl groups is 2. The monoisotopic (exact) mass is 616 g/mol. The summed E-state index contributed by atoms with van der Waals surface area (Å²) in [7, 11) is 1.45. The van der Waals surface area contributed by atoms with Gasteiger partial charge in [-0.1, -0.05) is 76.3 Å². The van der Waals surface area contributed by atoms with Crippen molar-refractivity contribution in [2.75, 3.05) is 19.5 Å². The molecule has 0 aliphatic heterocycles. The zero-order valence-corrected chi connectivity index (χ0v) is 26.6. The maximum atomic E-state index is 12.9. The molecule has 4 rings (SSSR count).